The van der Waals surface area contributed by atoms with E-state index in [9.17, 15) is 4.79 Å². The average molecular weight is 220 g/mol. The number of nitrogens with two attached hydrogens (primary N) is 1. The SMILES string of the molecule is CC[C@H](N)C(=O)N(C(C)C)C(C)C.S. The minimum atomic E-state index is -0.343. The largest absolute Gasteiger partial charge is 0.337 e. The molecule has 0 aromatic rings. The van der Waals surface area contributed by atoms with Crippen molar-refractivity contribution in [1.82, 2.24) is 4.90 Å². The highest BCUT2D eigenvalue weighted by Gasteiger charge is 2.23. The van der Waals surface area contributed by atoms with Gasteiger partial charge in [0.05, 0.1) is 6.04 Å². The van der Waals surface area contributed by atoms with Gasteiger partial charge in [-0.15, -0.1) is 0 Å². The van der Waals surface area contributed by atoms with Crippen molar-refractivity contribution in [2.75, 3.05) is 0 Å². The minimum absolute atomic E-state index is 0. The zero-order valence-electron chi connectivity index (χ0n) is 9.87. The van der Waals surface area contributed by atoms with Crippen molar-refractivity contribution in [1.29, 1.82) is 0 Å². The van der Waals surface area contributed by atoms with Crippen LogP contribution in [0.5, 0.6) is 0 Å². The predicted molar refractivity (Wildman–Crippen MR) is 65.8 cm³/mol. The van der Waals surface area contributed by atoms with Gasteiger partial charge in [-0.2, -0.15) is 13.5 Å². The van der Waals surface area contributed by atoms with Crippen molar-refractivity contribution in [3.8, 4) is 0 Å². The lowest BCUT2D eigenvalue weighted by Crippen LogP contribution is -2.49. The van der Waals surface area contributed by atoms with E-state index in [1.54, 1.807) is 0 Å². The van der Waals surface area contributed by atoms with Crippen molar-refractivity contribution in [3.05, 3.63) is 0 Å². The Bertz CT molecular complexity index is 164. The second-order valence-electron chi connectivity index (χ2n) is 3.95. The lowest BCUT2D eigenvalue weighted by atomic mass is 10.1. The Morgan fingerprint density at radius 3 is 1.79 bits per heavy atom. The Morgan fingerprint density at radius 2 is 1.57 bits per heavy atom. The summed E-state index contributed by atoms with van der Waals surface area (Å²) in [5, 5.41) is 0. The summed E-state index contributed by atoms with van der Waals surface area (Å²) in [6.45, 7) is 9.99. The maximum absolute atomic E-state index is 11.8. The van der Waals surface area contributed by atoms with E-state index in [1.165, 1.54) is 0 Å². The monoisotopic (exact) mass is 220 g/mol. The number of rotatable bonds is 4. The second-order valence-corrected chi connectivity index (χ2v) is 3.95. The molecule has 0 bridgehead atoms. The first-order valence-corrected chi connectivity index (χ1v) is 4.99. The van der Waals surface area contributed by atoms with Crippen LogP contribution in [0.25, 0.3) is 0 Å². The molecule has 1 amide bonds. The van der Waals surface area contributed by atoms with Gasteiger partial charge in [0.15, 0.2) is 0 Å². The number of carbonyl (C=O) groups is 1. The van der Waals surface area contributed by atoms with Gasteiger partial charge in [0, 0.05) is 12.1 Å². The second kappa shape index (κ2) is 7.12. The fourth-order valence-electron chi connectivity index (χ4n) is 1.47. The van der Waals surface area contributed by atoms with E-state index in [4.69, 9.17) is 5.73 Å². The Labute approximate surface area is 94.5 Å². The van der Waals surface area contributed by atoms with Crippen LogP contribution in [-0.4, -0.2) is 28.9 Å². The van der Waals surface area contributed by atoms with Gasteiger partial charge in [-0.25, -0.2) is 0 Å². The van der Waals surface area contributed by atoms with Crippen LogP contribution in [0.15, 0.2) is 0 Å². The van der Waals surface area contributed by atoms with Crippen LogP contribution in [0.4, 0.5) is 0 Å². The summed E-state index contributed by atoms with van der Waals surface area (Å²) in [4.78, 5) is 13.6. The molecule has 2 N–H and O–H groups in total. The summed E-state index contributed by atoms with van der Waals surface area (Å²) < 4.78 is 0. The number of hydrogen-bond acceptors (Lipinski definition) is 2. The Morgan fingerprint density at radius 1 is 1.21 bits per heavy atom. The van der Waals surface area contributed by atoms with Crippen molar-refractivity contribution in [3.63, 3.8) is 0 Å². The fraction of sp³-hybridized carbons (Fsp3) is 0.900. The molecule has 0 aromatic heterocycles. The molecule has 0 aromatic carbocycles. The van der Waals surface area contributed by atoms with E-state index in [0.717, 1.165) is 0 Å². The summed E-state index contributed by atoms with van der Waals surface area (Å²) in [5.41, 5.74) is 5.70. The third-order valence-corrected chi connectivity index (χ3v) is 2.12. The van der Waals surface area contributed by atoms with Gasteiger partial charge in [0.1, 0.15) is 0 Å². The molecule has 1 atom stereocenters. The first kappa shape index (κ1) is 16.2. The molecule has 0 aliphatic carbocycles. The molecule has 0 spiro atoms. The molecule has 86 valence electrons. The maximum Gasteiger partial charge on any atom is 0.239 e. The molecule has 0 saturated carbocycles. The van der Waals surface area contributed by atoms with E-state index in [2.05, 4.69) is 0 Å². The van der Waals surface area contributed by atoms with Gasteiger partial charge < -0.3 is 10.6 Å². The van der Waals surface area contributed by atoms with E-state index >= 15 is 0 Å². The maximum atomic E-state index is 11.8. The fourth-order valence-corrected chi connectivity index (χ4v) is 1.47. The van der Waals surface area contributed by atoms with E-state index < -0.39 is 0 Å². The molecule has 0 heterocycles. The van der Waals surface area contributed by atoms with Crippen molar-refractivity contribution < 1.29 is 4.79 Å². The highest BCUT2D eigenvalue weighted by Crippen LogP contribution is 2.07. The van der Waals surface area contributed by atoms with Gasteiger partial charge in [0.25, 0.3) is 0 Å². The van der Waals surface area contributed by atoms with Gasteiger partial charge in [-0.1, -0.05) is 6.92 Å². The van der Waals surface area contributed by atoms with Crippen LogP contribution < -0.4 is 5.73 Å². The smallest absolute Gasteiger partial charge is 0.239 e. The highest BCUT2D eigenvalue weighted by atomic mass is 32.1. The number of carbonyl (C=O) groups excluding carboxylic acids is 1. The summed E-state index contributed by atoms with van der Waals surface area (Å²) >= 11 is 0. The van der Waals surface area contributed by atoms with Crippen molar-refractivity contribution in [2.24, 2.45) is 5.73 Å². The molecule has 0 unspecified atom stereocenters. The number of hydrogen-bond donors (Lipinski definition) is 1. The van der Waals surface area contributed by atoms with Crippen molar-refractivity contribution in [2.45, 2.75) is 59.2 Å². The lowest BCUT2D eigenvalue weighted by Gasteiger charge is -2.32. The molecule has 0 radical (unpaired) electrons. The summed E-state index contributed by atoms with van der Waals surface area (Å²) in [6, 6.07) is 0.111. The third-order valence-electron chi connectivity index (χ3n) is 2.12. The summed E-state index contributed by atoms with van der Waals surface area (Å²) in [6.07, 6.45) is 0.703. The minimum Gasteiger partial charge on any atom is -0.337 e. The van der Waals surface area contributed by atoms with Gasteiger partial charge >= 0.3 is 0 Å². The first-order chi connectivity index (χ1) is 5.91. The summed E-state index contributed by atoms with van der Waals surface area (Å²) in [7, 11) is 0. The molecule has 4 heteroatoms. The molecular formula is C10H24N2OS. The molecule has 0 rings (SSSR count). The molecule has 0 fully saturated rings. The molecule has 0 aliphatic rings. The first-order valence-electron chi connectivity index (χ1n) is 4.99. The topological polar surface area (TPSA) is 46.3 Å². The van der Waals surface area contributed by atoms with Gasteiger partial charge in [-0.05, 0) is 34.1 Å². The Kier molecular flexibility index (Phi) is 8.25. The van der Waals surface area contributed by atoms with Crippen LogP contribution in [-0.2, 0) is 4.79 Å². The highest BCUT2D eigenvalue weighted by molar-refractivity contribution is 7.59. The standard InChI is InChI=1S/C10H22N2O.H2S/c1-6-9(11)10(13)12(7(2)3)8(4)5;/h7-9H,6,11H2,1-5H3;1H2/t9-;/m0./s1. The Hall–Kier alpha value is -0.220. The van der Waals surface area contributed by atoms with Gasteiger partial charge in [-0.3, -0.25) is 4.79 Å². The Balaban J connectivity index is 0. The third kappa shape index (κ3) is 4.33. The van der Waals surface area contributed by atoms with Crippen LogP contribution in [0.3, 0.4) is 0 Å². The normalized spacial score (nSPS) is 12.6. The molecule has 0 saturated heterocycles. The molecule has 14 heavy (non-hydrogen) atoms. The zero-order valence-corrected chi connectivity index (χ0v) is 10.9. The van der Waals surface area contributed by atoms with Crippen LogP contribution in [0, 0.1) is 0 Å². The van der Waals surface area contributed by atoms with E-state index in [0.29, 0.717) is 6.42 Å². The van der Waals surface area contributed by atoms with Crippen LogP contribution >= 0.6 is 13.5 Å². The van der Waals surface area contributed by atoms with Crippen molar-refractivity contribution >= 4 is 19.4 Å². The molecule has 3 nitrogen and oxygen atoms in total. The molecular weight excluding hydrogens is 196 g/mol. The van der Waals surface area contributed by atoms with Gasteiger partial charge in [0.2, 0.25) is 5.91 Å². The quantitative estimate of drug-likeness (QED) is 0.780. The number of nitrogens with zero attached hydrogens (tertiary/aromatic N) is 1. The lowest BCUT2D eigenvalue weighted by molar-refractivity contribution is -0.136. The molecule has 0 aliphatic heterocycles. The van der Waals surface area contributed by atoms with Crippen LogP contribution in [0.1, 0.15) is 41.0 Å². The summed E-state index contributed by atoms with van der Waals surface area (Å²) in [5.74, 6) is 0.0625. The van der Waals surface area contributed by atoms with E-state index in [1.807, 2.05) is 39.5 Å². The van der Waals surface area contributed by atoms with E-state index in [-0.39, 0.29) is 37.5 Å². The zero-order chi connectivity index (χ0) is 10.6. The number of amides is 1. The predicted octanol–water partition coefficient (Wildman–Crippen LogP) is 1.48. The van der Waals surface area contributed by atoms with Crippen LogP contribution in [0.2, 0.25) is 0 Å². The average Bonchev–Trinajstić information content (AvgIpc) is 2.01.